The molecule has 0 aliphatic carbocycles. The number of benzene rings is 1. The molecule has 1 N–H and O–H groups in total. The standard InChI is InChI=1S/C14H16N2O/c1-4-11-5-2-9-16-14(11)13(7-1)17-10-12-6-3-8-15-12/h1-2,4-5,7,9,12,15H,3,6,8,10H2/t12-/m1/s1. The van der Waals surface area contributed by atoms with E-state index in [9.17, 15) is 0 Å². The summed E-state index contributed by atoms with van der Waals surface area (Å²) in [5.74, 6) is 0.886. The highest BCUT2D eigenvalue weighted by molar-refractivity contribution is 5.84. The lowest BCUT2D eigenvalue weighted by Crippen LogP contribution is -2.28. The molecule has 0 spiro atoms. The van der Waals surface area contributed by atoms with Crippen molar-refractivity contribution in [1.82, 2.24) is 10.3 Å². The van der Waals surface area contributed by atoms with Gasteiger partial charge in [-0.3, -0.25) is 4.98 Å². The Balaban J connectivity index is 1.79. The fourth-order valence-corrected chi connectivity index (χ4v) is 2.28. The largest absolute Gasteiger partial charge is 0.490 e. The Labute approximate surface area is 101 Å². The Morgan fingerprint density at radius 1 is 1.29 bits per heavy atom. The average molecular weight is 228 g/mol. The molecule has 3 nitrogen and oxygen atoms in total. The molecule has 0 amide bonds. The SMILES string of the molecule is c1cnc2c(OC[C@H]3CCCN3)cccc2c1. The zero-order valence-electron chi connectivity index (χ0n) is 9.73. The molecule has 0 saturated carbocycles. The van der Waals surface area contributed by atoms with Crippen LogP contribution in [0.3, 0.4) is 0 Å². The number of ether oxygens (including phenoxy) is 1. The van der Waals surface area contributed by atoms with Crippen LogP contribution < -0.4 is 10.1 Å². The maximum Gasteiger partial charge on any atom is 0.145 e. The van der Waals surface area contributed by atoms with Gasteiger partial charge in [0.1, 0.15) is 17.9 Å². The first-order valence-electron chi connectivity index (χ1n) is 6.13. The van der Waals surface area contributed by atoms with Crippen LogP contribution >= 0.6 is 0 Å². The summed E-state index contributed by atoms with van der Waals surface area (Å²) >= 11 is 0. The quantitative estimate of drug-likeness (QED) is 0.875. The first-order chi connectivity index (χ1) is 8.43. The molecule has 1 aliphatic rings. The zero-order valence-corrected chi connectivity index (χ0v) is 9.73. The van der Waals surface area contributed by atoms with Crippen LogP contribution in [0.2, 0.25) is 0 Å². The number of rotatable bonds is 3. The summed E-state index contributed by atoms with van der Waals surface area (Å²) in [5, 5.41) is 4.56. The van der Waals surface area contributed by atoms with E-state index in [1.807, 2.05) is 24.4 Å². The van der Waals surface area contributed by atoms with Crippen LogP contribution in [0.25, 0.3) is 10.9 Å². The van der Waals surface area contributed by atoms with E-state index in [0.717, 1.165) is 29.8 Å². The van der Waals surface area contributed by atoms with Crippen molar-refractivity contribution in [2.75, 3.05) is 13.2 Å². The molecule has 88 valence electrons. The summed E-state index contributed by atoms with van der Waals surface area (Å²) in [6.07, 6.45) is 4.27. The lowest BCUT2D eigenvalue weighted by Gasteiger charge is -2.13. The van der Waals surface area contributed by atoms with Gasteiger partial charge < -0.3 is 10.1 Å². The molecule has 1 atom stereocenters. The highest BCUT2D eigenvalue weighted by Crippen LogP contribution is 2.23. The maximum atomic E-state index is 5.88. The van der Waals surface area contributed by atoms with Gasteiger partial charge in [0.2, 0.25) is 0 Å². The van der Waals surface area contributed by atoms with Crippen molar-refractivity contribution in [2.24, 2.45) is 0 Å². The summed E-state index contributed by atoms with van der Waals surface area (Å²) < 4.78 is 5.88. The minimum Gasteiger partial charge on any atom is -0.490 e. The summed E-state index contributed by atoms with van der Waals surface area (Å²) in [5.41, 5.74) is 0.952. The van der Waals surface area contributed by atoms with Gasteiger partial charge in [-0.05, 0) is 31.5 Å². The fraction of sp³-hybridized carbons (Fsp3) is 0.357. The average Bonchev–Trinajstić information content (AvgIpc) is 2.89. The monoisotopic (exact) mass is 228 g/mol. The summed E-state index contributed by atoms with van der Waals surface area (Å²) in [6.45, 7) is 1.84. The van der Waals surface area contributed by atoms with Crippen LogP contribution in [0, 0.1) is 0 Å². The van der Waals surface area contributed by atoms with Crippen LogP contribution in [0.4, 0.5) is 0 Å². The van der Waals surface area contributed by atoms with Crippen molar-refractivity contribution < 1.29 is 4.74 Å². The highest BCUT2D eigenvalue weighted by atomic mass is 16.5. The van der Waals surface area contributed by atoms with Gasteiger partial charge in [0.05, 0.1) is 0 Å². The normalized spacial score (nSPS) is 19.6. The molecule has 1 fully saturated rings. The molecule has 0 unspecified atom stereocenters. The maximum absolute atomic E-state index is 5.88. The molecule has 3 heteroatoms. The van der Waals surface area contributed by atoms with E-state index in [1.54, 1.807) is 0 Å². The Kier molecular flexibility index (Phi) is 2.92. The van der Waals surface area contributed by atoms with E-state index in [2.05, 4.69) is 22.4 Å². The van der Waals surface area contributed by atoms with Gasteiger partial charge >= 0.3 is 0 Å². The van der Waals surface area contributed by atoms with Crippen molar-refractivity contribution in [2.45, 2.75) is 18.9 Å². The van der Waals surface area contributed by atoms with Crippen LogP contribution in [-0.4, -0.2) is 24.2 Å². The Hall–Kier alpha value is -1.61. The van der Waals surface area contributed by atoms with Crippen molar-refractivity contribution in [3.63, 3.8) is 0 Å². The van der Waals surface area contributed by atoms with Crippen LogP contribution in [0.1, 0.15) is 12.8 Å². The van der Waals surface area contributed by atoms with Gasteiger partial charge in [-0.25, -0.2) is 0 Å². The van der Waals surface area contributed by atoms with Crippen LogP contribution in [-0.2, 0) is 0 Å². The zero-order chi connectivity index (χ0) is 11.5. The van der Waals surface area contributed by atoms with Gasteiger partial charge in [0.25, 0.3) is 0 Å². The summed E-state index contributed by atoms with van der Waals surface area (Å²) in [7, 11) is 0. The second-order valence-corrected chi connectivity index (χ2v) is 4.44. The van der Waals surface area contributed by atoms with Gasteiger partial charge in [0, 0.05) is 17.6 Å². The predicted octanol–water partition coefficient (Wildman–Crippen LogP) is 2.37. The first-order valence-corrected chi connectivity index (χ1v) is 6.13. The number of para-hydroxylation sites is 1. The number of nitrogens with one attached hydrogen (secondary N) is 1. The van der Waals surface area contributed by atoms with Crippen LogP contribution in [0.15, 0.2) is 36.5 Å². The number of hydrogen-bond donors (Lipinski definition) is 1. The molecule has 3 rings (SSSR count). The lowest BCUT2D eigenvalue weighted by molar-refractivity contribution is 0.280. The Morgan fingerprint density at radius 2 is 2.24 bits per heavy atom. The minimum absolute atomic E-state index is 0.494. The van der Waals surface area contributed by atoms with Gasteiger partial charge in [-0.15, -0.1) is 0 Å². The highest BCUT2D eigenvalue weighted by Gasteiger charge is 2.14. The molecule has 1 aromatic carbocycles. The molecular weight excluding hydrogens is 212 g/mol. The molecular formula is C14H16N2O. The van der Waals surface area contributed by atoms with E-state index in [1.165, 1.54) is 12.8 Å². The number of aromatic nitrogens is 1. The third-order valence-electron chi connectivity index (χ3n) is 3.20. The molecule has 1 saturated heterocycles. The number of nitrogens with zero attached hydrogens (tertiary/aromatic N) is 1. The smallest absolute Gasteiger partial charge is 0.145 e. The third-order valence-corrected chi connectivity index (χ3v) is 3.20. The number of hydrogen-bond acceptors (Lipinski definition) is 3. The topological polar surface area (TPSA) is 34.1 Å². The molecule has 0 bridgehead atoms. The molecule has 1 aliphatic heterocycles. The number of pyridine rings is 1. The molecule has 17 heavy (non-hydrogen) atoms. The van der Waals surface area contributed by atoms with Crippen molar-refractivity contribution in [3.05, 3.63) is 36.5 Å². The van der Waals surface area contributed by atoms with Gasteiger partial charge in [0.15, 0.2) is 0 Å². The predicted molar refractivity (Wildman–Crippen MR) is 68.3 cm³/mol. The van der Waals surface area contributed by atoms with E-state index >= 15 is 0 Å². The molecule has 2 heterocycles. The second kappa shape index (κ2) is 4.72. The van der Waals surface area contributed by atoms with Crippen molar-refractivity contribution >= 4 is 10.9 Å². The van der Waals surface area contributed by atoms with Crippen molar-refractivity contribution in [3.8, 4) is 5.75 Å². The molecule has 2 aromatic rings. The second-order valence-electron chi connectivity index (χ2n) is 4.44. The number of fused-ring (bicyclic) bond motifs is 1. The first kappa shape index (κ1) is 10.5. The minimum atomic E-state index is 0.494. The Morgan fingerprint density at radius 3 is 3.12 bits per heavy atom. The summed E-state index contributed by atoms with van der Waals surface area (Å²) in [4.78, 5) is 4.38. The van der Waals surface area contributed by atoms with Gasteiger partial charge in [-0.2, -0.15) is 0 Å². The third kappa shape index (κ3) is 2.24. The van der Waals surface area contributed by atoms with Crippen LogP contribution in [0.5, 0.6) is 5.75 Å². The van der Waals surface area contributed by atoms with E-state index in [0.29, 0.717) is 6.04 Å². The van der Waals surface area contributed by atoms with E-state index in [4.69, 9.17) is 4.74 Å². The molecule has 1 aromatic heterocycles. The fourth-order valence-electron chi connectivity index (χ4n) is 2.28. The lowest BCUT2D eigenvalue weighted by atomic mass is 10.2. The molecule has 0 radical (unpaired) electrons. The van der Waals surface area contributed by atoms with Gasteiger partial charge in [-0.1, -0.05) is 18.2 Å². The van der Waals surface area contributed by atoms with E-state index < -0.39 is 0 Å². The summed E-state index contributed by atoms with van der Waals surface area (Å²) in [6, 6.07) is 10.6. The van der Waals surface area contributed by atoms with Crippen molar-refractivity contribution in [1.29, 1.82) is 0 Å². The Bertz CT molecular complexity index is 501. The van der Waals surface area contributed by atoms with E-state index in [-0.39, 0.29) is 0 Å².